The Kier molecular flexibility index (Phi) is 6.54. The van der Waals surface area contributed by atoms with Crippen LogP contribution in [0.2, 0.25) is 0 Å². The lowest BCUT2D eigenvalue weighted by atomic mass is 10.1. The summed E-state index contributed by atoms with van der Waals surface area (Å²) in [5.74, 6) is 1.81. The summed E-state index contributed by atoms with van der Waals surface area (Å²) >= 11 is 0. The van der Waals surface area contributed by atoms with Crippen molar-refractivity contribution in [3.63, 3.8) is 0 Å². The Balaban J connectivity index is 0.00000220. The van der Waals surface area contributed by atoms with Crippen LogP contribution >= 0.6 is 12.4 Å². The number of nitrogens with one attached hydrogen (secondary N) is 1. The minimum atomic E-state index is 0. The van der Waals surface area contributed by atoms with E-state index in [1.807, 2.05) is 12.1 Å². The zero-order chi connectivity index (χ0) is 14.6. The van der Waals surface area contributed by atoms with Gasteiger partial charge in [-0.3, -0.25) is 0 Å². The first-order valence-corrected chi connectivity index (χ1v) is 6.71. The van der Waals surface area contributed by atoms with Gasteiger partial charge < -0.3 is 19.5 Å². The molecule has 1 aromatic carbocycles. The number of hydrogen-bond acceptors (Lipinski definition) is 5. The second-order valence-electron chi connectivity index (χ2n) is 4.94. The van der Waals surface area contributed by atoms with Gasteiger partial charge in [0.2, 0.25) is 5.75 Å². The molecule has 1 aromatic rings. The summed E-state index contributed by atoms with van der Waals surface area (Å²) in [7, 11) is 4.77. The molecule has 1 heterocycles. The van der Waals surface area contributed by atoms with Gasteiger partial charge in [-0.15, -0.1) is 12.4 Å². The van der Waals surface area contributed by atoms with Crippen molar-refractivity contribution in [2.75, 3.05) is 47.5 Å². The van der Waals surface area contributed by atoms with E-state index in [2.05, 4.69) is 5.32 Å². The van der Waals surface area contributed by atoms with Crippen LogP contribution in [0.3, 0.4) is 0 Å². The van der Waals surface area contributed by atoms with Crippen LogP contribution in [0.5, 0.6) is 17.2 Å². The fraction of sp³-hybridized carbons (Fsp3) is 0.571. The molecule has 21 heavy (non-hydrogen) atoms. The standard InChI is InChI=1S/C14H23N2O4.ClH/c1-18-12-5-4-11(13(19-2)14(12)20-3)10-16(17)8-6-15-7-9-16;/h4-5,15,17H,6-10H2,1-3H3;1H/q+1;. The summed E-state index contributed by atoms with van der Waals surface area (Å²) in [6.45, 7) is 3.47. The Bertz CT molecular complexity index is 465. The van der Waals surface area contributed by atoms with E-state index in [-0.39, 0.29) is 17.1 Å². The van der Waals surface area contributed by atoms with E-state index in [0.717, 1.165) is 18.7 Å². The van der Waals surface area contributed by atoms with Gasteiger partial charge >= 0.3 is 0 Å². The third-order valence-electron chi connectivity index (χ3n) is 3.66. The molecular weight excluding hydrogens is 296 g/mol. The van der Waals surface area contributed by atoms with E-state index in [4.69, 9.17) is 14.2 Å². The number of ether oxygens (including phenoxy) is 3. The fourth-order valence-electron chi connectivity index (χ4n) is 2.57. The van der Waals surface area contributed by atoms with E-state index in [1.54, 1.807) is 21.3 Å². The number of halogens is 1. The van der Waals surface area contributed by atoms with Crippen molar-refractivity contribution in [2.45, 2.75) is 6.54 Å². The van der Waals surface area contributed by atoms with Gasteiger partial charge in [0, 0.05) is 13.1 Å². The Hall–Kier alpha value is -1.21. The number of piperazine rings is 1. The average Bonchev–Trinajstić information content (AvgIpc) is 2.47. The van der Waals surface area contributed by atoms with E-state index in [0.29, 0.717) is 36.9 Å². The molecule has 0 saturated carbocycles. The predicted octanol–water partition coefficient (Wildman–Crippen LogP) is 1.44. The van der Waals surface area contributed by atoms with Crippen LogP contribution in [0.15, 0.2) is 12.1 Å². The lowest BCUT2D eigenvalue weighted by Gasteiger charge is -2.34. The van der Waals surface area contributed by atoms with Gasteiger partial charge in [0.15, 0.2) is 11.5 Å². The summed E-state index contributed by atoms with van der Waals surface area (Å²) in [5, 5.41) is 13.8. The highest BCUT2D eigenvalue weighted by Gasteiger charge is 2.31. The molecule has 0 unspecified atom stereocenters. The lowest BCUT2D eigenvalue weighted by molar-refractivity contribution is -1.11. The van der Waals surface area contributed by atoms with E-state index < -0.39 is 0 Å². The summed E-state index contributed by atoms with van der Waals surface area (Å²) in [4.78, 5) is 0. The van der Waals surface area contributed by atoms with E-state index >= 15 is 0 Å². The Morgan fingerprint density at radius 2 is 1.67 bits per heavy atom. The van der Waals surface area contributed by atoms with E-state index in [9.17, 15) is 5.21 Å². The molecule has 120 valence electrons. The van der Waals surface area contributed by atoms with Gasteiger partial charge in [-0.05, 0) is 12.1 Å². The summed E-state index contributed by atoms with van der Waals surface area (Å²) in [5.41, 5.74) is 0.912. The average molecular weight is 320 g/mol. The number of benzene rings is 1. The molecule has 0 amide bonds. The lowest BCUT2D eigenvalue weighted by Crippen LogP contribution is -2.55. The molecule has 1 saturated heterocycles. The fourth-order valence-corrected chi connectivity index (χ4v) is 2.57. The molecule has 1 aliphatic heterocycles. The topological polar surface area (TPSA) is 60.0 Å². The number of nitrogens with zero attached hydrogens (tertiary/aromatic N) is 1. The third kappa shape index (κ3) is 3.91. The second kappa shape index (κ2) is 7.70. The van der Waals surface area contributed by atoms with Gasteiger partial charge in [-0.1, -0.05) is 0 Å². The Morgan fingerprint density at radius 1 is 1.05 bits per heavy atom. The number of quaternary nitrogens is 1. The molecule has 0 atom stereocenters. The van der Waals surface area contributed by atoms with E-state index in [1.165, 1.54) is 0 Å². The largest absolute Gasteiger partial charge is 0.493 e. The minimum absolute atomic E-state index is 0. The predicted molar refractivity (Wildman–Crippen MR) is 81.7 cm³/mol. The highest BCUT2D eigenvalue weighted by Crippen LogP contribution is 2.40. The highest BCUT2D eigenvalue weighted by molar-refractivity contribution is 5.85. The minimum Gasteiger partial charge on any atom is -0.493 e. The molecule has 7 heteroatoms. The van der Waals surface area contributed by atoms with Crippen molar-refractivity contribution in [3.05, 3.63) is 17.7 Å². The molecular formula is C14H24ClN2O4+. The smallest absolute Gasteiger partial charge is 0.203 e. The molecule has 0 spiro atoms. The summed E-state index contributed by atoms with van der Waals surface area (Å²) < 4.78 is 16.1. The zero-order valence-electron chi connectivity index (χ0n) is 12.7. The third-order valence-corrected chi connectivity index (χ3v) is 3.66. The Morgan fingerprint density at radius 3 is 2.19 bits per heavy atom. The van der Waals surface area contributed by atoms with Crippen molar-refractivity contribution in [3.8, 4) is 17.2 Å². The van der Waals surface area contributed by atoms with Crippen molar-refractivity contribution in [1.82, 2.24) is 5.32 Å². The van der Waals surface area contributed by atoms with Crippen LogP contribution in [-0.4, -0.2) is 57.4 Å². The molecule has 1 fully saturated rings. The van der Waals surface area contributed by atoms with Crippen molar-refractivity contribution in [1.29, 1.82) is 0 Å². The maximum Gasteiger partial charge on any atom is 0.203 e. The van der Waals surface area contributed by atoms with Crippen LogP contribution in [0.4, 0.5) is 0 Å². The van der Waals surface area contributed by atoms with Crippen LogP contribution in [0.25, 0.3) is 0 Å². The van der Waals surface area contributed by atoms with Gasteiger partial charge in [-0.25, -0.2) is 5.21 Å². The first-order valence-electron chi connectivity index (χ1n) is 6.71. The van der Waals surface area contributed by atoms with Crippen molar-refractivity contribution >= 4 is 12.4 Å². The van der Waals surface area contributed by atoms with Gasteiger partial charge in [0.05, 0.1) is 26.9 Å². The number of hydrogen-bond donors (Lipinski definition) is 2. The Labute approximate surface area is 131 Å². The first kappa shape index (κ1) is 17.8. The maximum atomic E-state index is 10.6. The van der Waals surface area contributed by atoms with Gasteiger partial charge in [-0.2, -0.15) is 4.65 Å². The van der Waals surface area contributed by atoms with Crippen LogP contribution < -0.4 is 19.5 Å². The van der Waals surface area contributed by atoms with Crippen molar-refractivity contribution < 1.29 is 24.1 Å². The van der Waals surface area contributed by atoms with Crippen LogP contribution in [0, 0.1) is 0 Å². The normalized spacial score (nSPS) is 16.8. The zero-order valence-corrected chi connectivity index (χ0v) is 13.5. The van der Waals surface area contributed by atoms with Crippen molar-refractivity contribution in [2.24, 2.45) is 0 Å². The number of hydroxylamine groups is 3. The van der Waals surface area contributed by atoms with Crippen LogP contribution in [0.1, 0.15) is 5.56 Å². The molecule has 6 nitrogen and oxygen atoms in total. The molecule has 2 N–H and O–H groups in total. The molecule has 0 radical (unpaired) electrons. The van der Waals surface area contributed by atoms with Gasteiger partial charge in [0.25, 0.3) is 0 Å². The molecule has 0 aromatic heterocycles. The summed E-state index contributed by atoms with van der Waals surface area (Å²) in [6.07, 6.45) is 0. The first-order chi connectivity index (χ1) is 9.63. The highest BCUT2D eigenvalue weighted by atomic mass is 35.5. The maximum absolute atomic E-state index is 10.6. The SMILES string of the molecule is COc1ccc(C[N+]2(O)CCNCC2)c(OC)c1OC.Cl. The number of methoxy groups -OCH3 is 3. The molecule has 0 bridgehead atoms. The monoisotopic (exact) mass is 319 g/mol. The molecule has 0 aliphatic carbocycles. The molecule has 2 rings (SSSR count). The number of rotatable bonds is 5. The molecule has 1 aliphatic rings. The second-order valence-corrected chi connectivity index (χ2v) is 4.94. The quantitative estimate of drug-likeness (QED) is 0.804. The van der Waals surface area contributed by atoms with Gasteiger partial charge in [0.1, 0.15) is 19.6 Å². The summed E-state index contributed by atoms with van der Waals surface area (Å²) in [6, 6.07) is 3.75. The van der Waals surface area contributed by atoms with Crippen LogP contribution in [-0.2, 0) is 6.54 Å².